The highest BCUT2D eigenvalue weighted by Gasteiger charge is 2.34. The van der Waals surface area contributed by atoms with Crippen LogP contribution >= 0.6 is 0 Å². The molecule has 226 valence electrons. The molecule has 2 heterocycles. The number of pyridine rings is 1. The van der Waals surface area contributed by atoms with Gasteiger partial charge in [-0.05, 0) is 55.0 Å². The molecule has 0 unspecified atom stereocenters. The number of halogens is 4. The number of carbonyl (C=O) groups excluding carboxylic acids is 1. The van der Waals surface area contributed by atoms with Crippen LogP contribution < -0.4 is 4.31 Å². The highest BCUT2D eigenvalue weighted by Crippen LogP contribution is 2.39. The van der Waals surface area contributed by atoms with Crippen LogP contribution in [0.25, 0.3) is 22.4 Å². The van der Waals surface area contributed by atoms with Gasteiger partial charge < -0.3 is 14.7 Å². The summed E-state index contributed by atoms with van der Waals surface area (Å²) >= 11 is 0. The van der Waals surface area contributed by atoms with Gasteiger partial charge in [0.15, 0.2) is 12.5 Å². The second-order valence-electron chi connectivity index (χ2n) is 8.96. The van der Waals surface area contributed by atoms with E-state index < -0.39 is 74.8 Å². The van der Waals surface area contributed by atoms with Gasteiger partial charge in [0.25, 0.3) is 10.0 Å². The van der Waals surface area contributed by atoms with Crippen LogP contribution in [-0.4, -0.2) is 65.6 Å². The Morgan fingerprint density at radius 2 is 1.70 bits per heavy atom. The van der Waals surface area contributed by atoms with Crippen molar-refractivity contribution < 1.29 is 45.4 Å². The van der Waals surface area contributed by atoms with Crippen molar-refractivity contribution in [3.63, 3.8) is 0 Å². The lowest BCUT2D eigenvalue weighted by Gasteiger charge is -2.26. The molecule has 0 fully saturated rings. The first kappa shape index (κ1) is 31.0. The summed E-state index contributed by atoms with van der Waals surface area (Å²) in [5.41, 5.74) is -1.12. The predicted octanol–water partition coefficient (Wildman–Crippen LogP) is 4.49. The first-order chi connectivity index (χ1) is 20.3. The van der Waals surface area contributed by atoms with Gasteiger partial charge in [0, 0.05) is 37.7 Å². The summed E-state index contributed by atoms with van der Waals surface area (Å²) in [6.45, 7) is -0.130. The molecule has 11 nitrogen and oxygen atoms in total. The summed E-state index contributed by atoms with van der Waals surface area (Å²) in [5.74, 6) is -6.59. The number of ether oxygens (including phenoxy) is 1. The molecule has 43 heavy (non-hydrogen) atoms. The van der Waals surface area contributed by atoms with E-state index in [0.29, 0.717) is 41.3 Å². The van der Waals surface area contributed by atoms with E-state index in [9.17, 15) is 26.8 Å². The third kappa shape index (κ3) is 6.43. The molecular weight excluding hydrogens is 598 g/mol. The number of aryl methyl sites for hydroxylation is 1. The minimum absolute atomic E-state index is 0.0958. The lowest BCUT2D eigenvalue weighted by Crippen LogP contribution is -2.39. The number of hydrogen-bond donors (Lipinski definition) is 1. The summed E-state index contributed by atoms with van der Waals surface area (Å²) in [5, 5.41) is 13.2. The Hall–Kier alpha value is -4.99. The molecule has 1 amide bonds. The number of likely N-dealkylation sites (N-methyl/N-ethyl adjacent to an activating group) is 1. The molecule has 0 radical (unpaired) electrons. The number of benzene rings is 2. The largest absolute Gasteiger partial charge is 0.480 e. The van der Waals surface area contributed by atoms with E-state index in [0.717, 1.165) is 13.1 Å². The second kappa shape index (κ2) is 12.5. The number of carbonyl (C=O) groups is 2. The second-order valence-corrected chi connectivity index (χ2v) is 10.8. The van der Waals surface area contributed by atoms with Gasteiger partial charge in [0.1, 0.15) is 34.6 Å². The Kier molecular flexibility index (Phi) is 8.99. The van der Waals surface area contributed by atoms with Crippen molar-refractivity contribution in [2.75, 3.05) is 24.6 Å². The van der Waals surface area contributed by atoms with Crippen LogP contribution in [0.1, 0.15) is 6.92 Å². The molecule has 0 atom stereocenters. The molecule has 4 rings (SSSR count). The van der Waals surface area contributed by atoms with Crippen molar-refractivity contribution in [3.05, 3.63) is 84.3 Å². The molecule has 0 aliphatic carbocycles. The van der Waals surface area contributed by atoms with Gasteiger partial charge in [0.05, 0.1) is 11.3 Å². The Morgan fingerprint density at radius 1 is 1.02 bits per heavy atom. The van der Waals surface area contributed by atoms with Gasteiger partial charge in [-0.1, -0.05) is 0 Å². The molecule has 2 aromatic carbocycles. The third-order valence-electron chi connectivity index (χ3n) is 6.10. The number of hydrogen-bond acceptors (Lipinski definition) is 7. The molecule has 1 N–H and O–H groups in total. The van der Waals surface area contributed by atoms with Crippen LogP contribution in [0.15, 0.2) is 66.0 Å². The van der Waals surface area contributed by atoms with E-state index >= 15 is 8.78 Å². The molecular formula is C27H23F4N5O6S. The number of anilines is 1. The van der Waals surface area contributed by atoms with Gasteiger partial charge >= 0.3 is 12.1 Å². The van der Waals surface area contributed by atoms with Gasteiger partial charge in [-0.15, -0.1) is 0 Å². The normalized spacial score (nSPS) is 11.3. The Bertz CT molecular complexity index is 1790. The zero-order valence-electron chi connectivity index (χ0n) is 22.5. The van der Waals surface area contributed by atoms with Crippen LogP contribution in [0, 0.1) is 23.3 Å². The molecule has 0 bridgehead atoms. The van der Waals surface area contributed by atoms with Crippen molar-refractivity contribution in [1.29, 1.82) is 0 Å². The van der Waals surface area contributed by atoms with E-state index in [1.54, 1.807) is 19.1 Å². The molecule has 0 saturated carbocycles. The average molecular weight is 622 g/mol. The number of nitrogens with zero attached hydrogens (tertiary/aromatic N) is 5. The Morgan fingerprint density at radius 3 is 2.35 bits per heavy atom. The molecule has 0 saturated heterocycles. The molecule has 0 spiro atoms. The smallest absolute Gasteiger partial charge is 0.411 e. The van der Waals surface area contributed by atoms with Crippen molar-refractivity contribution in [1.82, 2.24) is 19.7 Å². The maximum Gasteiger partial charge on any atom is 0.411 e. The number of aliphatic carboxylic acids is 1. The minimum Gasteiger partial charge on any atom is -0.480 e. The summed E-state index contributed by atoms with van der Waals surface area (Å²) in [7, 11) is -4.21. The summed E-state index contributed by atoms with van der Waals surface area (Å²) in [6, 6.07) is 6.09. The molecule has 0 aliphatic rings. The van der Waals surface area contributed by atoms with E-state index in [1.807, 2.05) is 0 Å². The molecule has 0 aliphatic heterocycles. The monoisotopic (exact) mass is 621 g/mol. The highest BCUT2D eigenvalue weighted by molar-refractivity contribution is 7.92. The van der Waals surface area contributed by atoms with Crippen LogP contribution in [0.3, 0.4) is 0 Å². The Balaban J connectivity index is 1.90. The third-order valence-corrected chi connectivity index (χ3v) is 7.85. The number of amides is 1. The van der Waals surface area contributed by atoms with E-state index in [2.05, 4.69) is 10.1 Å². The summed E-state index contributed by atoms with van der Waals surface area (Å²) in [6.07, 6.45) is 3.07. The van der Waals surface area contributed by atoms with Gasteiger partial charge in [0.2, 0.25) is 0 Å². The first-order valence-corrected chi connectivity index (χ1v) is 13.8. The standard InChI is InChI=1S/C27H23F4N5O6S/c1-3-35-13-18(16-8-10-32-11-9-16)26(33-35)24-20(30)6-7-21(25(24)31)36(15-42-27(39)34(2)14-23(37)38)43(40,41)22-12-17(28)4-5-19(22)29/h4-13H,3,14-15H2,1-2H3,(H,37,38). The maximum atomic E-state index is 16.4. The average Bonchev–Trinajstić information content (AvgIpc) is 3.39. The fourth-order valence-corrected chi connectivity index (χ4v) is 5.42. The first-order valence-electron chi connectivity index (χ1n) is 12.4. The number of rotatable bonds is 10. The number of carboxylic acid groups (broad SMARTS) is 1. The highest BCUT2D eigenvalue weighted by atomic mass is 32.2. The number of aromatic nitrogens is 3. The zero-order valence-corrected chi connectivity index (χ0v) is 23.4. The minimum atomic E-state index is -5.24. The molecule has 4 aromatic rings. The van der Waals surface area contributed by atoms with Crippen molar-refractivity contribution in [2.45, 2.75) is 18.4 Å². The van der Waals surface area contributed by atoms with Gasteiger partial charge in [-0.3, -0.25) is 14.5 Å². The topological polar surface area (TPSA) is 135 Å². The van der Waals surface area contributed by atoms with Crippen LogP contribution in [0.5, 0.6) is 0 Å². The molecule has 2 aromatic heterocycles. The van der Waals surface area contributed by atoms with Crippen molar-refractivity contribution in [2.24, 2.45) is 0 Å². The predicted molar refractivity (Wildman–Crippen MR) is 144 cm³/mol. The fraction of sp³-hybridized carbons (Fsp3) is 0.185. The van der Waals surface area contributed by atoms with Gasteiger partial charge in [-0.25, -0.2) is 35.1 Å². The SMILES string of the molecule is CCn1cc(-c2ccncc2)c(-c2c(F)ccc(N(COC(=O)N(C)CC(=O)O)S(=O)(=O)c3cc(F)ccc3F)c2F)n1. The van der Waals surface area contributed by atoms with Crippen LogP contribution in [0.2, 0.25) is 0 Å². The maximum absolute atomic E-state index is 16.4. The summed E-state index contributed by atoms with van der Waals surface area (Å²) in [4.78, 5) is 26.6. The fourth-order valence-electron chi connectivity index (χ4n) is 4.02. The lowest BCUT2D eigenvalue weighted by atomic mass is 10.0. The zero-order chi connectivity index (χ0) is 31.5. The van der Waals surface area contributed by atoms with Crippen LogP contribution in [-0.2, 0) is 26.1 Å². The number of sulfonamides is 1. The molecule has 16 heteroatoms. The Labute approximate surface area is 242 Å². The van der Waals surface area contributed by atoms with Crippen LogP contribution in [0.4, 0.5) is 28.0 Å². The van der Waals surface area contributed by atoms with Gasteiger partial charge in [-0.2, -0.15) is 5.10 Å². The van der Waals surface area contributed by atoms with Crippen molar-refractivity contribution >= 4 is 27.8 Å². The summed E-state index contributed by atoms with van der Waals surface area (Å²) < 4.78 is 94.0. The number of carboxylic acids is 1. The lowest BCUT2D eigenvalue weighted by molar-refractivity contribution is -0.137. The van der Waals surface area contributed by atoms with E-state index in [1.165, 1.54) is 23.3 Å². The van der Waals surface area contributed by atoms with E-state index in [4.69, 9.17) is 9.84 Å². The van der Waals surface area contributed by atoms with E-state index in [-0.39, 0.29) is 15.6 Å². The quantitative estimate of drug-likeness (QED) is 0.202. The van der Waals surface area contributed by atoms with Crippen molar-refractivity contribution in [3.8, 4) is 22.4 Å².